The molecule has 1 amide bonds. The van der Waals surface area contributed by atoms with E-state index in [1.54, 1.807) is 31.2 Å². The zero-order chi connectivity index (χ0) is 23.5. The van der Waals surface area contributed by atoms with Gasteiger partial charge in [-0.2, -0.15) is 0 Å². The quantitative estimate of drug-likeness (QED) is 0.157. The molecule has 4 N–H and O–H groups in total. The molecule has 176 valence electrons. The van der Waals surface area contributed by atoms with Gasteiger partial charge in [-0.05, 0) is 55.7 Å². The Balaban J connectivity index is 2.01. The van der Waals surface area contributed by atoms with E-state index >= 15 is 0 Å². The number of nitrogen functional groups attached to an aromatic ring is 1. The highest BCUT2D eigenvalue weighted by Crippen LogP contribution is 2.39. The number of phenols is 1. The van der Waals surface area contributed by atoms with Crippen molar-refractivity contribution in [1.29, 1.82) is 0 Å². The molecule has 0 bridgehead atoms. The molecular formula is C25H34Cl2N2O3. The number of benzene rings is 2. The molecule has 0 radical (unpaired) electrons. The highest BCUT2D eigenvalue weighted by molar-refractivity contribution is 6.37. The predicted octanol–water partition coefficient (Wildman–Crippen LogP) is 7.51. The topological polar surface area (TPSA) is 84.6 Å². The third-order valence-electron chi connectivity index (χ3n) is 5.45. The Labute approximate surface area is 201 Å². The number of hydrogen-bond acceptors (Lipinski definition) is 4. The van der Waals surface area contributed by atoms with Crippen LogP contribution in [0.2, 0.25) is 10.0 Å². The van der Waals surface area contributed by atoms with Crippen molar-refractivity contribution < 1.29 is 14.6 Å². The van der Waals surface area contributed by atoms with Crippen LogP contribution < -0.4 is 15.8 Å². The predicted molar refractivity (Wildman–Crippen MR) is 134 cm³/mol. The molecule has 0 aliphatic carbocycles. The minimum atomic E-state index is -0.725. The molecule has 2 aromatic carbocycles. The summed E-state index contributed by atoms with van der Waals surface area (Å²) in [7, 11) is 0. The number of carbonyl (C=O) groups is 1. The van der Waals surface area contributed by atoms with Gasteiger partial charge in [0, 0.05) is 10.7 Å². The Kier molecular flexibility index (Phi) is 11.0. The first-order valence-corrected chi connectivity index (χ1v) is 12.1. The summed E-state index contributed by atoms with van der Waals surface area (Å²) in [5.41, 5.74) is 7.08. The van der Waals surface area contributed by atoms with E-state index in [0.717, 1.165) is 19.3 Å². The van der Waals surface area contributed by atoms with E-state index in [0.29, 0.717) is 28.4 Å². The van der Waals surface area contributed by atoms with Gasteiger partial charge in [-0.25, -0.2) is 0 Å². The fraction of sp³-hybridized carbons (Fsp3) is 0.480. The van der Waals surface area contributed by atoms with Crippen LogP contribution in [0.15, 0.2) is 30.3 Å². The van der Waals surface area contributed by atoms with Crippen molar-refractivity contribution in [2.45, 2.75) is 77.7 Å². The standard InChI is InChI=1S/C25H34Cl2N2O3/c1-3-4-5-6-7-8-9-10-11-22(32-19-14-12-18(28)13-15-19)25(31)29-21-16-20(26)17(2)23(27)24(21)30/h12-16,22,30H,3-11,28H2,1-2H3,(H,29,31). The van der Waals surface area contributed by atoms with Crippen LogP contribution in [0.25, 0.3) is 0 Å². The van der Waals surface area contributed by atoms with Crippen LogP contribution in [0.5, 0.6) is 11.5 Å². The van der Waals surface area contributed by atoms with E-state index in [1.165, 1.54) is 38.2 Å². The second kappa shape index (κ2) is 13.4. The van der Waals surface area contributed by atoms with Gasteiger partial charge in [0.1, 0.15) is 5.75 Å². The van der Waals surface area contributed by atoms with Gasteiger partial charge in [0.2, 0.25) is 0 Å². The third-order valence-corrected chi connectivity index (χ3v) is 6.31. The molecule has 0 saturated carbocycles. The van der Waals surface area contributed by atoms with E-state index in [2.05, 4.69) is 12.2 Å². The lowest BCUT2D eigenvalue weighted by Crippen LogP contribution is -2.33. The molecule has 0 fully saturated rings. The summed E-state index contributed by atoms with van der Waals surface area (Å²) in [5.74, 6) is -0.0144. The summed E-state index contributed by atoms with van der Waals surface area (Å²) in [6.45, 7) is 3.91. The van der Waals surface area contributed by atoms with Crippen molar-refractivity contribution in [3.05, 3.63) is 45.9 Å². The lowest BCUT2D eigenvalue weighted by Gasteiger charge is -2.20. The summed E-state index contributed by atoms with van der Waals surface area (Å²) in [6, 6.07) is 8.42. The zero-order valence-corrected chi connectivity index (χ0v) is 20.4. The van der Waals surface area contributed by atoms with Crippen molar-refractivity contribution in [3.63, 3.8) is 0 Å². The molecule has 0 heterocycles. The number of phenolic OH excluding ortho intramolecular Hbond substituents is 1. The van der Waals surface area contributed by atoms with Crippen LogP contribution in [-0.4, -0.2) is 17.1 Å². The van der Waals surface area contributed by atoms with Crippen LogP contribution in [0.4, 0.5) is 11.4 Å². The van der Waals surface area contributed by atoms with Crippen molar-refractivity contribution in [3.8, 4) is 11.5 Å². The lowest BCUT2D eigenvalue weighted by molar-refractivity contribution is -0.123. The molecule has 7 heteroatoms. The Morgan fingerprint density at radius 2 is 1.66 bits per heavy atom. The Bertz CT molecular complexity index is 872. The summed E-state index contributed by atoms with van der Waals surface area (Å²) in [6.07, 6.45) is 9.16. The summed E-state index contributed by atoms with van der Waals surface area (Å²) >= 11 is 12.3. The van der Waals surface area contributed by atoms with Gasteiger partial charge in [0.25, 0.3) is 5.91 Å². The van der Waals surface area contributed by atoms with Crippen molar-refractivity contribution in [1.82, 2.24) is 0 Å². The highest BCUT2D eigenvalue weighted by atomic mass is 35.5. The summed E-state index contributed by atoms with van der Waals surface area (Å²) in [4.78, 5) is 13.0. The molecule has 1 atom stereocenters. The van der Waals surface area contributed by atoms with Crippen LogP contribution in [0.3, 0.4) is 0 Å². The van der Waals surface area contributed by atoms with E-state index in [1.807, 2.05) is 0 Å². The van der Waals surface area contributed by atoms with Crippen LogP contribution in [0.1, 0.15) is 70.3 Å². The van der Waals surface area contributed by atoms with Crippen LogP contribution in [-0.2, 0) is 4.79 Å². The molecule has 0 aliphatic rings. The molecule has 32 heavy (non-hydrogen) atoms. The maximum atomic E-state index is 13.0. The lowest BCUT2D eigenvalue weighted by atomic mass is 10.0. The summed E-state index contributed by atoms with van der Waals surface area (Å²) < 4.78 is 5.97. The van der Waals surface area contributed by atoms with Crippen molar-refractivity contribution in [2.75, 3.05) is 11.1 Å². The van der Waals surface area contributed by atoms with Gasteiger partial charge in [-0.1, -0.05) is 75.1 Å². The van der Waals surface area contributed by atoms with Gasteiger partial charge in [0.05, 0.1) is 10.7 Å². The number of anilines is 2. The minimum absolute atomic E-state index is 0.117. The van der Waals surface area contributed by atoms with Gasteiger partial charge in [-0.3, -0.25) is 4.79 Å². The number of aromatic hydroxyl groups is 1. The molecule has 0 aliphatic heterocycles. The van der Waals surface area contributed by atoms with Crippen LogP contribution in [0, 0.1) is 6.92 Å². The smallest absolute Gasteiger partial charge is 0.265 e. The second-order valence-electron chi connectivity index (χ2n) is 8.12. The molecular weight excluding hydrogens is 447 g/mol. The first-order chi connectivity index (χ1) is 15.3. The maximum Gasteiger partial charge on any atom is 0.265 e. The minimum Gasteiger partial charge on any atom is -0.504 e. The molecule has 0 saturated heterocycles. The molecule has 2 aromatic rings. The molecule has 2 rings (SSSR count). The van der Waals surface area contributed by atoms with E-state index in [-0.39, 0.29) is 22.4 Å². The number of rotatable bonds is 13. The van der Waals surface area contributed by atoms with Crippen molar-refractivity contribution >= 4 is 40.5 Å². The number of unbranched alkanes of at least 4 members (excludes halogenated alkanes) is 7. The molecule has 0 aromatic heterocycles. The number of hydrogen-bond donors (Lipinski definition) is 3. The average molecular weight is 481 g/mol. The number of nitrogens with two attached hydrogens (primary N) is 1. The van der Waals surface area contributed by atoms with E-state index in [9.17, 15) is 9.90 Å². The number of halogens is 2. The summed E-state index contributed by atoms with van der Waals surface area (Å²) in [5, 5.41) is 13.5. The van der Waals surface area contributed by atoms with Gasteiger partial charge in [-0.15, -0.1) is 0 Å². The normalized spacial score (nSPS) is 11.9. The Hall–Kier alpha value is -2.11. The Morgan fingerprint density at radius 3 is 2.28 bits per heavy atom. The van der Waals surface area contributed by atoms with E-state index in [4.69, 9.17) is 33.7 Å². The Morgan fingerprint density at radius 1 is 1.06 bits per heavy atom. The SMILES string of the molecule is CCCCCCCCCCC(Oc1ccc(N)cc1)C(=O)Nc1cc(Cl)c(C)c(Cl)c1O. The van der Waals surface area contributed by atoms with Gasteiger partial charge in [0.15, 0.2) is 11.9 Å². The second-order valence-corrected chi connectivity index (χ2v) is 8.91. The fourth-order valence-electron chi connectivity index (χ4n) is 3.43. The zero-order valence-electron chi connectivity index (χ0n) is 18.9. The molecule has 5 nitrogen and oxygen atoms in total. The van der Waals surface area contributed by atoms with Crippen molar-refractivity contribution in [2.24, 2.45) is 0 Å². The first-order valence-electron chi connectivity index (χ1n) is 11.3. The number of amides is 1. The maximum absolute atomic E-state index is 13.0. The fourth-order valence-corrected chi connectivity index (χ4v) is 3.89. The van der Waals surface area contributed by atoms with Gasteiger partial charge < -0.3 is 20.9 Å². The van der Waals surface area contributed by atoms with E-state index < -0.39 is 6.10 Å². The number of ether oxygens (including phenoxy) is 1. The average Bonchev–Trinajstić information content (AvgIpc) is 2.78. The van der Waals surface area contributed by atoms with Crippen LogP contribution >= 0.6 is 23.2 Å². The number of carbonyl (C=O) groups excluding carboxylic acids is 1. The third kappa shape index (κ3) is 8.10. The largest absolute Gasteiger partial charge is 0.504 e. The molecule has 0 spiro atoms. The number of nitrogens with one attached hydrogen (secondary N) is 1. The highest BCUT2D eigenvalue weighted by Gasteiger charge is 2.23. The monoisotopic (exact) mass is 480 g/mol. The van der Waals surface area contributed by atoms with Gasteiger partial charge >= 0.3 is 0 Å². The first kappa shape index (κ1) is 26.1. The molecule has 1 unspecified atom stereocenters.